The summed E-state index contributed by atoms with van der Waals surface area (Å²) < 4.78 is 0. The number of hydrogen-bond acceptors (Lipinski definition) is 4. The number of piperazine rings is 1. The summed E-state index contributed by atoms with van der Waals surface area (Å²) >= 11 is 0. The van der Waals surface area contributed by atoms with Crippen LogP contribution in [0.1, 0.15) is 12.5 Å². The number of amides is 2. The van der Waals surface area contributed by atoms with Crippen LogP contribution >= 0.6 is 0 Å². The van der Waals surface area contributed by atoms with E-state index < -0.39 is 0 Å². The van der Waals surface area contributed by atoms with Gasteiger partial charge in [-0.05, 0) is 23.8 Å². The quantitative estimate of drug-likeness (QED) is 0.761. The van der Waals surface area contributed by atoms with Crippen molar-refractivity contribution in [3.63, 3.8) is 0 Å². The number of nitrogens with zero attached hydrogens (tertiary/aromatic N) is 2. The van der Waals surface area contributed by atoms with Crippen molar-refractivity contribution in [1.82, 2.24) is 9.80 Å². The molecule has 3 rings (SSSR count). The molecule has 1 aliphatic rings. The number of carbonyl (C=O) groups is 2. The third kappa shape index (κ3) is 7.18. The van der Waals surface area contributed by atoms with Gasteiger partial charge in [0.15, 0.2) is 0 Å². The van der Waals surface area contributed by atoms with E-state index in [4.69, 9.17) is 0 Å². The molecule has 0 spiro atoms. The molecule has 1 heterocycles. The van der Waals surface area contributed by atoms with E-state index in [0.717, 1.165) is 32.7 Å². The molecule has 1 aliphatic heterocycles. The van der Waals surface area contributed by atoms with Crippen LogP contribution in [0.2, 0.25) is 0 Å². The van der Waals surface area contributed by atoms with Crippen LogP contribution in [0.25, 0.3) is 6.08 Å². The largest absolute Gasteiger partial charge is 0.326 e. The van der Waals surface area contributed by atoms with E-state index in [-0.39, 0.29) is 11.8 Å². The zero-order valence-corrected chi connectivity index (χ0v) is 16.8. The van der Waals surface area contributed by atoms with Gasteiger partial charge >= 0.3 is 0 Å². The number of rotatable bonds is 7. The van der Waals surface area contributed by atoms with Crippen molar-refractivity contribution >= 4 is 29.3 Å². The van der Waals surface area contributed by atoms with Crippen LogP contribution in [0.3, 0.4) is 0 Å². The van der Waals surface area contributed by atoms with E-state index in [1.165, 1.54) is 12.5 Å². The number of carbonyl (C=O) groups excluding carboxylic acids is 2. The molecular weight excluding hydrogens is 364 g/mol. The van der Waals surface area contributed by atoms with Gasteiger partial charge in [0.05, 0.1) is 6.54 Å². The van der Waals surface area contributed by atoms with Crippen LogP contribution < -0.4 is 10.6 Å². The average Bonchev–Trinajstić information content (AvgIpc) is 2.70. The highest BCUT2D eigenvalue weighted by Gasteiger charge is 2.18. The lowest BCUT2D eigenvalue weighted by molar-refractivity contribution is -0.117. The van der Waals surface area contributed by atoms with Crippen molar-refractivity contribution in [2.45, 2.75) is 6.92 Å². The first-order valence-electron chi connectivity index (χ1n) is 9.92. The summed E-state index contributed by atoms with van der Waals surface area (Å²) in [5.74, 6) is -0.174. The van der Waals surface area contributed by atoms with Gasteiger partial charge in [0.25, 0.3) is 0 Å². The lowest BCUT2D eigenvalue weighted by Gasteiger charge is -2.33. The maximum Gasteiger partial charge on any atom is 0.238 e. The van der Waals surface area contributed by atoms with Crippen LogP contribution in [0.15, 0.2) is 60.7 Å². The molecule has 0 radical (unpaired) electrons. The molecule has 2 amide bonds. The molecule has 0 aromatic heterocycles. The van der Waals surface area contributed by atoms with Gasteiger partial charge < -0.3 is 10.6 Å². The maximum absolute atomic E-state index is 12.4. The molecule has 0 aliphatic carbocycles. The van der Waals surface area contributed by atoms with Crippen LogP contribution in [-0.4, -0.2) is 60.9 Å². The Kier molecular flexibility index (Phi) is 7.55. The summed E-state index contributed by atoms with van der Waals surface area (Å²) in [7, 11) is 0. The van der Waals surface area contributed by atoms with E-state index >= 15 is 0 Å². The average molecular weight is 393 g/mol. The summed E-state index contributed by atoms with van der Waals surface area (Å²) in [6.07, 6.45) is 4.34. The van der Waals surface area contributed by atoms with Crippen LogP contribution in [0, 0.1) is 0 Å². The summed E-state index contributed by atoms with van der Waals surface area (Å²) in [6.45, 7) is 6.40. The highest BCUT2D eigenvalue weighted by molar-refractivity contribution is 5.94. The fourth-order valence-corrected chi connectivity index (χ4v) is 3.31. The number of hydrogen-bond donors (Lipinski definition) is 2. The topological polar surface area (TPSA) is 64.7 Å². The second-order valence-corrected chi connectivity index (χ2v) is 7.20. The Balaban J connectivity index is 1.39. The molecule has 0 saturated carbocycles. The molecule has 29 heavy (non-hydrogen) atoms. The first-order chi connectivity index (χ1) is 14.1. The van der Waals surface area contributed by atoms with E-state index in [1.807, 2.05) is 30.3 Å². The second-order valence-electron chi connectivity index (χ2n) is 7.20. The molecular formula is C23H28N4O2. The van der Waals surface area contributed by atoms with Crippen molar-refractivity contribution in [3.05, 3.63) is 66.2 Å². The summed E-state index contributed by atoms with van der Waals surface area (Å²) in [6, 6.07) is 17.5. The predicted octanol–water partition coefficient (Wildman–Crippen LogP) is 2.91. The smallest absolute Gasteiger partial charge is 0.238 e. The van der Waals surface area contributed by atoms with Gasteiger partial charge in [0.1, 0.15) is 0 Å². The van der Waals surface area contributed by atoms with Crippen molar-refractivity contribution in [2.24, 2.45) is 0 Å². The van der Waals surface area contributed by atoms with Crippen molar-refractivity contribution in [3.8, 4) is 0 Å². The Morgan fingerprint density at radius 2 is 1.55 bits per heavy atom. The monoisotopic (exact) mass is 392 g/mol. The lowest BCUT2D eigenvalue weighted by atomic mass is 10.2. The van der Waals surface area contributed by atoms with E-state index in [1.54, 1.807) is 12.1 Å². The first-order valence-corrected chi connectivity index (χ1v) is 9.92. The second kappa shape index (κ2) is 10.5. The zero-order valence-electron chi connectivity index (χ0n) is 16.8. The Morgan fingerprint density at radius 3 is 2.24 bits per heavy atom. The molecule has 2 N–H and O–H groups in total. The normalized spacial score (nSPS) is 15.3. The molecule has 2 aromatic rings. The molecule has 6 heteroatoms. The van der Waals surface area contributed by atoms with Crippen LogP contribution in [0.5, 0.6) is 0 Å². The van der Waals surface area contributed by atoms with Crippen molar-refractivity contribution in [2.75, 3.05) is 49.9 Å². The fraction of sp³-hybridized carbons (Fsp3) is 0.304. The Labute approximate surface area is 172 Å². The minimum Gasteiger partial charge on any atom is -0.326 e. The minimum absolute atomic E-state index is 0.0394. The Morgan fingerprint density at radius 1 is 0.897 bits per heavy atom. The van der Waals surface area contributed by atoms with E-state index in [2.05, 4.69) is 44.7 Å². The summed E-state index contributed by atoms with van der Waals surface area (Å²) in [5.41, 5.74) is 2.57. The van der Waals surface area contributed by atoms with E-state index in [0.29, 0.717) is 17.9 Å². The van der Waals surface area contributed by atoms with Crippen LogP contribution in [-0.2, 0) is 9.59 Å². The Bertz CT molecular complexity index is 843. The van der Waals surface area contributed by atoms with Gasteiger partial charge in [-0.1, -0.05) is 48.6 Å². The van der Waals surface area contributed by atoms with Gasteiger partial charge in [0.2, 0.25) is 11.8 Å². The summed E-state index contributed by atoms with van der Waals surface area (Å²) in [4.78, 5) is 28.1. The van der Waals surface area contributed by atoms with Gasteiger partial charge in [-0.2, -0.15) is 0 Å². The Hall–Kier alpha value is -2.96. The SMILES string of the molecule is CC(=O)Nc1cccc(NC(=O)CN2CCN(C/C=C/c3ccccc3)CC2)c1. The first kappa shape index (κ1) is 20.8. The van der Waals surface area contributed by atoms with Crippen molar-refractivity contribution in [1.29, 1.82) is 0 Å². The third-order valence-corrected chi connectivity index (χ3v) is 4.77. The molecule has 152 valence electrons. The molecule has 0 bridgehead atoms. The van der Waals surface area contributed by atoms with Gasteiger partial charge in [-0.25, -0.2) is 0 Å². The standard InChI is InChI=1S/C23H28N4O2/c1-19(28)24-21-10-5-11-22(17-21)25-23(29)18-27-15-13-26(14-16-27)12-6-9-20-7-3-2-4-8-20/h2-11,17H,12-16,18H2,1H3,(H,24,28)(H,25,29)/b9-6+. The highest BCUT2D eigenvalue weighted by Crippen LogP contribution is 2.15. The number of benzene rings is 2. The van der Waals surface area contributed by atoms with Gasteiger partial charge in [-0.3, -0.25) is 19.4 Å². The fourth-order valence-electron chi connectivity index (χ4n) is 3.31. The molecule has 2 aromatic carbocycles. The molecule has 0 unspecified atom stereocenters. The van der Waals surface area contributed by atoms with Crippen molar-refractivity contribution < 1.29 is 9.59 Å². The molecule has 1 fully saturated rings. The zero-order chi connectivity index (χ0) is 20.5. The molecule has 1 saturated heterocycles. The van der Waals surface area contributed by atoms with Crippen LogP contribution in [0.4, 0.5) is 11.4 Å². The molecule has 0 atom stereocenters. The predicted molar refractivity (Wildman–Crippen MR) is 118 cm³/mol. The van der Waals surface area contributed by atoms with E-state index in [9.17, 15) is 9.59 Å². The third-order valence-electron chi connectivity index (χ3n) is 4.77. The lowest BCUT2D eigenvalue weighted by Crippen LogP contribution is -2.48. The van der Waals surface area contributed by atoms with Gasteiger partial charge in [0, 0.05) is 51.0 Å². The minimum atomic E-state index is -0.134. The molecule has 6 nitrogen and oxygen atoms in total. The number of anilines is 2. The van der Waals surface area contributed by atoms with Gasteiger partial charge in [-0.15, -0.1) is 0 Å². The highest BCUT2D eigenvalue weighted by atomic mass is 16.2. The maximum atomic E-state index is 12.4. The number of nitrogens with one attached hydrogen (secondary N) is 2. The summed E-state index contributed by atoms with van der Waals surface area (Å²) in [5, 5.41) is 5.63.